The molecular formula is C11H22ClNO. The van der Waals surface area contributed by atoms with Crippen LogP contribution in [0.3, 0.4) is 0 Å². The molecule has 0 saturated carbocycles. The first-order valence-corrected chi connectivity index (χ1v) is 5.66. The molecule has 2 nitrogen and oxygen atoms in total. The van der Waals surface area contributed by atoms with Gasteiger partial charge in [-0.1, -0.05) is 13.8 Å². The quantitative estimate of drug-likeness (QED) is 0.652. The van der Waals surface area contributed by atoms with Crippen LogP contribution in [-0.2, 0) is 4.79 Å². The van der Waals surface area contributed by atoms with Gasteiger partial charge in [0.05, 0.1) is 5.41 Å². The fourth-order valence-corrected chi connectivity index (χ4v) is 1.24. The van der Waals surface area contributed by atoms with Gasteiger partial charge in [-0.15, -0.1) is 11.6 Å². The van der Waals surface area contributed by atoms with Crippen molar-refractivity contribution < 1.29 is 4.79 Å². The number of carbonyl (C=O) groups excluding carboxylic acids is 1. The van der Waals surface area contributed by atoms with Crippen LogP contribution in [0.4, 0.5) is 0 Å². The van der Waals surface area contributed by atoms with E-state index in [1.165, 1.54) is 0 Å². The molecule has 0 N–H and O–H groups in total. The molecule has 0 atom stereocenters. The minimum atomic E-state index is -0.437. The molecule has 0 heterocycles. The van der Waals surface area contributed by atoms with Crippen LogP contribution in [-0.4, -0.2) is 30.3 Å². The second-order valence-corrected chi connectivity index (χ2v) is 5.19. The monoisotopic (exact) mass is 219 g/mol. The smallest absolute Gasteiger partial charge is 0.229 e. The van der Waals surface area contributed by atoms with Gasteiger partial charge in [0.15, 0.2) is 0 Å². The van der Waals surface area contributed by atoms with Gasteiger partial charge in [0, 0.05) is 19.5 Å². The average molecular weight is 220 g/mol. The molecule has 0 bridgehead atoms. The van der Waals surface area contributed by atoms with Gasteiger partial charge < -0.3 is 4.90 Å². The highest BCUT2D eigenvalue weighted by atomic mass is 35.5. The molecule has 1 amide bonds. The van der Waals surface area contributed by atoms with Gasteiger partial charge in [-0.3, -0.25) is 4.79 Å². The summed E-state index contributed by atoms with van der Waals surface area (Å²) < 4.78 is 0. The van der Waals surface area contributed by atoms with E-state index < -0.39 is 5.41 Å². The van der Waals surface area contributed by atoms with Crippen molar-refractivity contribution >= 4 is 17.5 Å². The Balaban J connectivity index is 4.12. The molecule has 0 aromatic carbocycles. The first kappa shape index (κ1) is 13.8. The SMILES string of the molecule is CC(C)CCN(C)C(=O)C(C)(C)CCl. The van der Waals surface area contributed by atoms with E-state index in [2.05, 4.69) is 13.8 Å². The fraction of sp³-hybridized carbons (Fsp3) is 0.909. The maximum absolute atomic E-state index is 11.8. The molecule has 0 spiro atoms. The molecule has 84 valence electrons. The van der Waals surface area contributed by atoms with Gasteiger partial charge in [-0.2, -0.15) is 0 Å². The van der Waals surface area contributed by atoms with Crippen LogP contribution in [0, 0.1) is 11.3 Å². The van der Waals surface area contributed by atoms with Crippen LogP contribution in [0.25, 0.3) is 0 Å². The zero-order valence-corrected chi connectivity index (χ0v) is 10.7. The predicted octanol–water partition coefficient (Wildman–Crippen LogP) is 2.76. The molecule has 14 heavy (non-hydrogen) atoms. The molecule has 0 aromatic rings. The molecule has 0 aromatic heterocycles. The number of rotatable bonds is 5. The molecule has 0 aliphatic rings. The van der Waals surface area contributed by atoms with Crippen molar-refractivity contribution in [2.75, 3.05) is 19.5 Å². The summed E-state index contributed by atoms with van der Waals surface area (Å²) in [7, 11) is 1.85. The Morgan fingerprint density at radius 3 is 2.29 bits per heavy atom. The lowest BCUT2D eigenvalue weighted by atomic mass is 9.94. The Hall–Kier alpha value is -0.240. The van der Waals surface area contributed by atoms with E-state index in [0.717, 1.165) is 13.0 Å². The number of hydrogen-bond acceptors (Lipinski definition) is 1. The van der Waals surface area contributed by atoms with Crippen molar-refractivity contribution in [3.8, 4) is 0 Å². The van der Waals surface area contributed by atoms with E-state index in [-0.39, 0.29) is 5.91 Å². The van der Waals surface area contributed by atoms with Crippen molar-refractivity contribution in [3.05, 3.63) is 0 Å². The van der Waals surface area contributed by atoms with Crippen molar-refractivity contribution in [2.45, 2.75) is 34.1 Å². The molecule has 0 aliphatic heterocycles. The second-order valence-electron chi connectivity index (χ2n) is 4.93. The van der Waals surface area contributed by atoms with Crippen LogP contribution in [0.2, 0.25) is 0 Å². The average Bonchev–Trinajstić information content (AvgIpc) is 2.12. The topological polar surface area (TPSA) is 20.3 Å². The van der Waals surface area contributed by atoms with E-state index >= 15 is 0 Å². The standard InChI is InChI=1S/C11H22ClNO/c1-9(2)6-7-13(5)10(14)11(3,4)8-12/h9H,6-8H2,1-5H3. The van der Waals surface area contributed by atoms with Gasteiger partial charge in [0.25, 0.3) is 0 Å². The van der Waals surface area contributed by atoms with E-state index in [1.807, 2.05) is 20.9 Å². The van der Waals surface area contributed by atoms with Gasteiger partial charge in [0.2, 0.25) is 5.91 Å². The number of halogens is 1. The molecule has 3 heteroatoms. The van der Waals surface area contributed by atoms with Crippen LogP contribution < -0.4 is 0 Å². The highest BCUT2D eigenvalue weighted by Crippen LogP contribution is 2.20. The lowest BCUT2D eigenvalue weighted by Crippen LogP contribution is -2.40. The van der Waals surface area contributed by atoms with Gasteiger partial charge in [0.1, 0.15) is 0 Å². The Labute approximate surface area is 92.6 Å². The van der Waals surface area contributed by atoms with Gasteiger partial charge >= 0.3 is 0 Å². The fourth-order valence-electron chi connectivity index (χ4n) is 1.13. The summed E-state index contributed by atoms with van der Waals surface area (Å²) in [5.41, 5.74) is -0.437. The highest BCUT2D eigenvalue weighted by molar-refractivity contribution is 6.19. The number of hydrogen-bond donors (Lipinski definition) is 0. The predicted molar refractivity (Wildman–Crippen MR) is 61.6 cm³/mol. The first-order chi connectivity index (χ1) is 6.31. The summed E-state index contributed by atoms with van der Waals surface area (Å²) in [5.74, 6) is 1.13. The molecular weight excluding hydrogens is 198 g/mol. The van der Waals surface area contributed by atoms with Crippen LogP contribution in [0.1, 0.15) is 34.1 Å². The third kappa shape index (κ3) is 4.32. The summed E-state index contributed by atoms with van der Waals surface area (Å²) in [6.07, 6.45) is 1.04. The van der Waals surface area contributed by atoms with E-state index in [0.29, 0.717) is 11.8 Å². The number of nitrogens with zero attached hydrogens (tertiary/aromatic N) is 1. The van der Waals surface area contributed by atoms with Gasteiger partial charge in [-0.25, -0.2) is 0 Å². The molecule has 0 aliphatic carbocycles. The zero-order valence-electron chi connectivity index (χ0n) is 9.93. The summed E-state index contributed by atoms with van der Waals surface area (Å²) in [4.78, 5) is 13.6. The number of carbonyl (C=O) groups is 1. The molecule has 0 fully saturated rings. The van der Waals surface area contributed by atoms with Crippen molar-refractivity contribution in [2.24, 2.45) is 11.3 Å². The minimum absolute atomic E-state index is 0.133. The Bertz CT molecular complexity index is 190. The summed E-state index contributed by atoms with van der Waals surface area (Å²) >= 11 is 5.75. The van der Waals surface area contributed by atoms with Crippen LogP contribution in [0.5, 0.6) is 0 Å². The summed E-state index contributed by atoms with van der Waals surface area (Å²) in [5, 5.41) is 0. The van der Waals surface area contributed by atoms with E-state index in [9.17, 15) is 4.79 Å². The van der Waals surface area contributed by atoms with Gasteiger partial charge in [-0.05, 0) is 26.2 Å². The zero-order chi connectivity index (χ0) is 11.4. The third-order valence-electron chi connectivity index (χ3n) is 2.30. The molecule has 0 saturated heterocycles. The summed E-state index contributed by atoms with van der Waals surface area (Å²) in [6, 6.07) is 0. The normalized spacial score (nSPS) is 11.9. The molecule has 0 unspecified atom stereocenters. The van der Waals surface area contributed by atoms with Crippen LogP contribution in [0.15, 0.2) is 0 Å². The van der Waals surface area contributed by atoms with Crippen molar-refractivity contribution in [3.63, 3.8) is 0 Å². The third-order valence-corrected chi connectivity index (χ3v) is 2.97. The van der Waals surface area contributed by atoms with Crippen molar-refractivity contribution in [1.29, 1.82) is 0 Å². The lowest BCUT2D eigenvalue weighted by molar-refractivity contribution is -0.137. The first-order valence-electron chi connectivity index (χ1n) is 5.12. The van der Waals surface area contributed by atoms with E-state index in [4.69, 9.17) is 11.6 Å². The number of alkyl halides is 1. The number of amides is 1. The summed E-state index contributed by atoms with van der Waals surface area (Å²) in [6.45, 7) is 8.90. The maximum Gasteiger partial charge on any atom is 0.229 e. The highest BCUT2D eigenvalue weighted by Gasteiger charge is 2.29. The largest absolute Gasteiger partial charge is 0.345 e. The lowest BCUT2D eigenvalue weighted by Gasteiger charge is -2.28. The van der Waals surface area contributed by atoms with E-state index in [1.54, 1.807) is 4.90 Å². The Kier molecular flexibility index (Phi) is 5.50. The maximum atomic E-state index is 11.8. The Morgan fingerprint density at radius 1 is 1.43 bits per heavy atom. The van der Waals surface area contributed by atoms with Crippen molar-refractivity contribution in [1.82, 2.24) is 4.90 Å². The molecule has 0 radical (unpaired) electrons. The molecule has 0 rings (SSSR count). The Morgan fingerprint density at radius 2 is 1.93 bits per heavy atom. The second kappa shape index (κ2) is 5.59. The van der Waals surface area contributed by atoms with Crippen LogP contribution >= 0.6 is 11.6 Å². The minimum Gasteiger partial charge on any atom is -0.345 e.